The molecule has 6 aromatic rings. The van der Waals surface area contributed by atoms with Crippen molar-refractivity contribution in [1.29, 1.82) is 10.5 Å². The quantitative estimate of drug-likeness (QED) is 0.0592. The van der Waals surface area contributed by atoms with Gasteiger partial charge in [-0.25, -0.2) is 9.59 Å². The highest BCUT2D eigenvalue weighted by atomic mass is 16.6. The second kappa shape index (κ2) is 26.7. The van der Waals surface area contributed by atoms with Crippen LogP contribution in [0.4, 0.5) is 9.59 Å². The molecule has 6 N–H and O–H groups in total. The summed E-state index contributed by atoms with van der Waals surface area (Å²) in [6.07, 6.45) is 0.526. The van der Waals surface area contributed by atoms with Crippen LogP contribution in [-0.4, -0.2) is 165 Å². The Morgan fingerprint density at radius 1 is 0.463 bits per heavy atom. The molecule has 0 unspecified atom stereocenters. The van der Waals surface area contributed by atoms with Crippen molar-refractivity contribution >= 4 is 12.2 Å². The van der Waals surface area contributed by atoms with Gasteiger partial charge in [-0.05, 0) is 145 Å². The van der Waals surface area contributed by atoms with Crippen LogP contribution in [0.3, 0.4) is 0 Å². The molecule has 0 saturated carbocycles. The number of ether oxygens (including phenoxy) is 9. The van der Waals surface area contributed by atoms with Crippen molar-refractivity contribution in [3.63, 3.8) is 0 Å². The van der Waals surface area contributed by atoms with E-state index in [0.29, 0.717) is 82.4 Å². The highest BCUT2D eigenvalue weighted by molar-refractivity contribution is 5.72. The summed E-state index contributed by atoms with van der Waals surface area (Å²) in [6, 6.07) is 16.7. The molecule has 0 aliphatic carbocycles. The average molecular weight is 1300 g/mol. The highest BCUT2D eigenvalue weighted by Crippen LogP contribution is 2.60. The Hall–Kier alpha value is -9.52. The molecule has 0 aromatic heterocycles. The highest BCUT2D eigenvalue weighted by Gasteiger charge is 2.59. The third kappa shape index (κ3) is 10.9. The smallest absolute Gasteiger partial charge is 0.412 e. The first-order valence-electron chi connectivity index (χ1n) is 31.6. The topological polar surface area (TPSA) is 283 Å². The average Bonchev–Trinajstić information content (AvgIpc) is 0.705. The minimum Gasteiger partial charge on any atom is -0.504 e. The van der Waals surface area contributed by atoms with E-state index >= 15 is 0 Å². The summed E-state index contributed by atoms with van der Waals surface area (Å²) in [5.74, 6) is 3.54. The molecule has 0 spiro atoms. The molecule has 2 saturated heterocycles. The number of nitriles is 2. The van der Waals surface area contributed by atoms with Crippen LogP contribution in [0, 0.1) is 64.2 Å². The Bertz CT molecular complexity index is 4080. The number of piperazine rings is 2. The summed E-state index contributed by atoms with van der Waals surface area (Å²) < 4.78 is 50.9. The molecular weight excluding hydrogens is 1220 g/mol. The van der Waals surface area contributed by atoms with Crippen LogP contribution in [-0.2, 0) is 37.0 Å². The maximum Gasteiger partial charge on any atom is 0.412 e. The van der Waals surface area contributed by atoms with Gasteiger partial charge in [-0.3, -0.25) is 19.6 Å². The van der Waals surface area contributed by atoms with Crippen LogP contribution in [0.5, 0.6) is 69.0 Å². The number of nitrogens with zero attached hydrogens (tertiary/aromatic N) is 6. The molecule has 6 aliphatic rings. The van der Waals surface area contributed by atoms with Crippen LogP contribution in [0.1, 0.15) is 108 Å². The number of nitrogens with one attached hydrogen (secondary N) is 2. The van der Waals surface area contributed by atoms with Crippen molar-refractivity contribution < 1.29 is 72.6 Å². The fraction of sp³-hybridized carbons (Fsp3) is 0.444. The molecule has 502 valence electrons. The van der Waals surface area contributed by atoms with Crippen molar-refractivity contribution in [3.05, 3.63) is 138 Å². The van der Waals surface area contributed by atoms with Gasteiger partial charge < -0.3 is 73.7 Å². The van der Waals surface area contributed by atoms with Gasteiger partial charge in [0.15, 0.2) is 46.0 Å². The fourth-order valence-electron chi connectivity index (χ4n) is 16.6. The van der Waals surface area contributed by atoms with Gasteiger partial charge in [-0.1, -0.05) is 30.3 Å². The predicted molar refractivity (Wildman–Crippen MR) is 351 cm³/mol. The van der Waals surface area contributed by atoms with Crippen LogP contribution in [0.2, 0.25) is 0 Å². The van der Waals surface area contributed by atoms with Gasteiger partial charge in [0, 0.05) is 81.8 Å². The van der Waals surface area contributed by atoms with E-state index in [9.17, 15) is 40.5 Å². The van der Waals surface area contributed by atoms with Crippen molar-refractivity contribution in [2.75, 3.05) is 77.0 Å². The number of phenols is 4. The Balaban J connectivity index is 0.000000193. The second-order valence-corrected chi connectivity index (χ2v) is 25.2. The fourth-order valence-corrected chi connectivity index (χ4v) is 16.6. The summed E-state index contributed by atoms with van der Waals surface area (Å²) in [6.45, 7) is 11.7. The van der Waals surface area contributed by atoms with E-state index in [4.69, 9.17) is 42.6 Å². The number of carbonyl (C=O) groups excluding carboxylic acids is 2. The van der Waals surface area contributed by atoms with E-state index in [2.05, 4.69) is 42.4 Å². The Morgan fingerprint density at radius 3 is 1.22 bits per heavy atom. The number of methoxy groups -OCH3 is 7. The normalized spacial score (nSPS) is 22.9. The molecule has 2 fully saturated rings. The van der Waals surface area contributed by atoms with Crippen LogP contribution >= 0.6 is 0 Å². The van der Waals surface area contributed by atoms with Crippen molar-refractivity contribution in [3.8, 4) is 81.1 Å². The molecule has 10 atom stereocenters. The third-order valence-corrected chi connectivity index (χ3v) is 21.1. The number of amides is 2. The summed E-state index contributed by atoms with van der Waals surface area (Å²) in [5, 5.41) is 74.5. The lowest BCUT2D eigenvalue weighted by Gasteiger charge is -2.60. The van der Waals surface area contributed by atoms with E-state index in [1.807, 2.05) is 86.0 Å². The van der Waals surface area contributed by atoms with Gasteiger partial charge in [-0.15, -0.1) is 0 Å². The molecule has 4 bridgehead atoms. The second-order valence-electron chi connectivity index (χ2n) is 25.2. The Labute approximate surface area is 553 Å². The largest absolute Gasteiger partial charge is 0.504 e. The molecule has 23 nitrogen and oxygen atoms in total. The Morgan fingerprint density at radius 2 is 0.832 bits per heavy atom. The predicted octanol–water partition coefficient (Wildman–Crippen LogP) is 9.36. The number of carbonyl (C=O) groups is 2. The zero-order valence-electron chi connectivity index (χ0n) is 56.4. The number of likely N-dealkylation sites (N-methyl/N-ethyl adjacent to an activating group) is 2. The van der Waals surface area contributed by atoms with E-state index in [1.165, 1.54) is 14.2 Å². The number of benzene rings is 6. The van der Waals surface area contributed by atoms with Crippen molar-refractivity contribution in [2.24, 2.45) is 0 Å². The molecule has 0 radical (unpaired) electrons. The lowest BCUT2D eigenvalue weighted by atomic mass is 9.70. The maximum atomic E-state index is 13.2. The van der Waals surface area contributed by atoms with E-state index in [-0.39, 0.29) is 90.4 Å². The first kappa shape index (κ1) is 66.9. The van der Waals surface area contributed by atoms with Crippen molar-refractivity contribution in [1.82, 2.24) is 30.2 Å². The SMILES string of the molecule is COc1c(C)c(C)c2c(c1O)[C@@H]1[C@@H]3Cc4c(OC)c(C)c(OC)c(O)c4[C@H](CNC(=O)OCc4ccccc4)N3[C@@H](C#N)[C@H](C2)N1C.COc1ccc(OC(=O)NC[C@H]2c3c(O)c(OC)c(C)c(OC)c3C[C@H]3[C@H]4c5c(O)c(OC)c(C)c(C)c5C[C@@H]([C@H](C#N)N23)N4C)cc1. The summed E-state index contributed by atoms with van der Waals surface area (Å²) in [4.78, 5) is 34.8. The molecule has 2 amide bonds. The van der Waals surface area contributed by atoms with Gasteiger partial charge >= 0.3 is 12.2 Å². The third-order valence-electron chi connectivity index (χ3n) is 21.1. The van der Waals surface area contributed by atoms with Gasteiger partial charge in [0.05, 0.1) is 86.1 Å². The number of alkyl carbamates (subject to hydrolysis) is 1. The van der Waals surface area contributed by atoms with E-state index in [0.717, 1.165) is 61.2 Å². The van der Waals surface area contributed by atoms with Gasteiger partial charge in [-0.2, -0.15) is 10.5 Å². The zero-order valence-corrected chi connectivity index (χ0v) is 56.4. The number of fused-ring (bicyclic) bond motifs is 14. The summed E-state index contributed by atoms with van der Waals surface area (Å²) in [5.41, 5.74) is 12.1. The van der Waals surface area contributed by atoms with Gasteiger partial charge in [0.1, 0.15) is 41.7 Å². The number of hydrogen-bond acceptors (Lipinski definition) is 21. The van der Waals surface area contributed by atoms with E-state index < -0.39 is 36.4 Å². The van der Waals surface area contributed by atoms with Gasteiger partial charge in [0.25, 0.3) is 0 Å². The van der Waals surface area contributed by atoms with E-state index in [1.54, 1.807) is 59.8 Å². The molecule has 12 rings (SSSR count). The zero-order chi connectivity index (χ0) is 68.3. The summed E-state index contributed by atoms with van der Waals surface area (Å²) >= 11 is 0. The Kier molecular flexibility index (Phi) is 18.8. The minimum atomic E-state index is -0.698. The van der Waals surface area contributed by atoms with Gasteiger partial charge in [0.2, 0.25) is 0 Å². The molecule has 95 heavy (non-hydrogen) atoms. The molecule has 6 heterocycles. The van der Waals surface area contributed by atoms with Crippen LogP contribution in [0.25, 0.3) is 0 Å². The lowest BCUT2D eigenvalue weighted by Crippen LogP contribution is -2.68. The molecule has 6 aliphatic heterocycles. The number of rotatable bonds is 14. The van der Waals surface area contributed by atoms with Crippen LogP contribution < -0.4 is 48.5 Å². The first-order chi connectivity index (χ1) is 45.6. The maximum absolute atomic E-state index is 13.2. The first-order valence-corrected chi connectivity index (χ1v) is 31.6. The number of hydrogen-bond donors (Lipinski definition) is 6. The lowest BCUT2D eigenvalue weighted by molar-refractivity contribution is -0.0725. The monoisotopic (exact) mass is 1300 g/mol. The standard InChI is InChI=1S/C36H42N4O8.C36H42N4O7/c1-17-18(2)34(46-7)32(42)29-22(17)13-24-26(15-37)40-25(30(29)39(24)4)14-23-28(31(41)35(47-8)19(3)33(23)45-6)27(40)16-38-36(43)48-21-11-9-20(44-5)10-12-21;1-18-19(2)34(45-6)32(42)29-22(18)13-24-26(15-37)40-25(30(29)39(24)4)14-23-28(31(41)35(46-7)20(3)33(23)44-5)27(40)16-38-36(43)47-17-21-11-9-8-10-12-21/h9-12,24-27,30,41-42H,13-14,16H2,1-8H3,(H,38,43);8-12,24-27,30,41-42H,13-14,16-17H2,1-7H3,(H,38,43)/t2*24-,25-,26-,27-,30-/m00/s1. The van der Waals surface area contributed by atoms with Crippen molar-refractivity contribution in [2.45, 2.75) is 134 Å². The number of phenolic OH excluding ortho intramolecular Hbond substituents is 4. The minimum absolute atomic E-state index is 0.00215. The molecule has 6 aromatic carbocycles. The van der Waals surface area contributed by atoms with Crippen LogP contribution in [0.15, 0.2) is 54.6 Å². The summed E-state index contributed by atoms with van der Waals surface area (Å²) in [7, 11) is 14.8. The molecule has 23 heteroatoms. The number of aromatic hydroxyl groups is 4. The molecular formula is C72H84N8O15.